The molecule has 0 radical (unpaired) electrons. The number of esters is 2. The van der Waals surface area contributed by atoms with Crippen LogP contribution in [0.25, 0.3) is 0 Å². The molecule has 0 amide bonds. The largest absolute Gasteiger partial charge is 0.469 e. The van der Waals surface area contributed by atoms with E-state index in [0.29, 0.717) is 25.0 Å². The van der Waals surface area contributed by atoms with E-state index in [4.69, 9.17) is 24.0 Å². The van der Waals surface area contributed by atoms with Crippen molar-refractivity contribution < 1.29 is 42.7 Å². The van der Waals surface area contributed by atoms with E-state index in [9.17, 15) is 14.2 Å². The van der Waals surface area contributed by atoms with Crippen LogP contribution in [0.4, 0.5) is 0 Å². The molecule has 9 nitrogen and oxygen atoms in total. The number of hydrogen-bond donors (Lipinski definition) is 2. The zero-order valence-electron chi connectivity index (χ0n) is 35.4. The van der Waals surface area contributed by atoms with Gasteiger partial charge >= 0.3 is 19.8 Å². The van der Waals surface area contributed by atoms with Crippen LogP contribution in [0.2, 0.25) is 0 Å². The molecule has 322 valence electrons. The zero-order chi connectivity index (χ0) is 41.0. The van der Waals surface area contributed by atoms with Gasteiger partial charge in [0.2, 0.25) is 0 Å². The fourth-order valence-electron chi connectivity index (χ4n) is 6.24. The highest BCUT2D eigenvalue weighted by Crippen LogP contribution is 2.36. The smallest absolute Gasteiger partial charge is 0.462 e. The van der Waals surface area contributed by atoms with E-state index in [1.54, 1.807) is 0 Å². The van der Waals surface area contributed by atoms with Crippen LogP contribution in [0.3, 0.4) is 0 Å². The number of phosphoric ester groups is 1. The topological polar surface area (TPSA) is 132 Å². The predicted octanol–water partition coefficient (Wildman–Crippen LogP) is 12.5. The van der Waals surface area contributed by atoms with E-state index in [0.717, 1.165) is 63.7 Å². The van der Waals surface area contributed by atoms with Gasteiger partial charge in [-0.25, -0.2) is 4.57 Å². The lowest BCUT2D eigenvalue weighted by Gasteiger charge is -2.18. The summed E-state index contributed by atoms with van der Waals surface area (Å²) in [6.45, 7) is 5.88. The van der Waals surface area contributed by atoms with E-state index < -0.39 is 32.5 Å². The SMILES string of the molecule is CC/C=C\CC1OC1C/C=C\C/C=C\C/C=C\C/C=C\CCC(=O)OC[C@H](COP(=O)(O)O)OC(=O)CCCCCCCCCCCCCCCCC(C)CC. The van der Waals surface area contributed by atoms with E-state index in [2.05, 4.69) is 73.9 Å². The van der Waals surface area contributed by atoms with Crippen LogP contribution in [0, 0.1) is 5.92 Å². The van der Waals surface area contributed by atoms with E-state index in [1.165, 1.54) is 77.0 Å². The summed E-state index contributed by atoms with van der Waals surface area (Å²) in [6, 6.07) is 0. The Morgan fingerprint density at radius 2 is 1.11 bits per heavy atom. The number of rotatable bonds is 38. The molecule has 1 heterocycles. The first kappa shape index (κ1) is 51.7. The number of phosphoric acid groups is 1. The van der Waals surface area contributed by atoms with Gasteiger partial charge in [0, 0.05) is 12.8 Å². The summed E-state index contributed by atoms with van der Waals surface area (Å²) in [6.07, 6.45) is 47.0. The molecule has 1 saturated heterocycles. The molecule has 4 atom stereocenters. The molecule has 0 aromatic heterocycles. The highest BCUT2D eigenvalue weighted by Gasteiger charge is 2.35. The standard InChI is InChI=1S/C46H79O9P/c1-4-6-29-35-43-44(55-43)36-31-26-22-18-14-11-12-15-19-23-27-32-37-45(47)52-39-42(40-53-56(49,50)51)54-46(48)38-33-28-24-20-16-10-8-7-9-13-17-21-25-30-34-41(3)5-2/h6,12,14-15,18,23,26-27,29,31,41-44H,4-5,7-11,13,16-17,19-22,24-25,28,30,32-40H2,1-3H3,(H2,49,50,51)/b15-12-,18-14-,27-23-,29-6-,31-26-/t41?,42-,43?,44?/m1/s1. The van der Waals surface area contributed by atoms with Crippen molar-refractivity contribution in [2.75, 3.05) is 13.2 Å². The Hall–Kier alpha value is -2.29. The maximum absolute atomic E-state index is 12.4. The molecular weight excluding hydrogens is 727 g/mol. The van der Waals surface area contributed by atoms with Crippen LogP contribution in [0.15, 0.2) is 60.8 Å². The Morgan fingerprint density at radius 1 is 0.625 bits per heavy atom. The molecule has 0 bridgehead atoms. The van der Waals surface area contributed by atoms with Crippen molar-refractivity contribution in [1.29, 1.82) is 0 Å². The maximum Gasteiger partial charge on any atom is 0.469 e. The van der Waals surface area contributed by atoms with Crippen molar-refractivity contribution in [1.82, 2.24) is 0 Å². The molecule has 10 heteroatoms. The summed E-state index contributed by atoms with van der Waals surface area (Å²) in [7, 11) is -4.78. The van der Waals surface area contributed by atoms with Crippen LogP contribution in [-0.4, -0.2) is 53.3 Å². The molecular formula is C46H79O9P. The first-order chi connectivity index (χ1) is 27.1. The van der Waals surface area contributed by atoms with Crippen molar-refractivity contribution in [3.63, 3.8) is 0 Å². The van der Waals surface area contributed by atoms with Crippen molar-refractivity contribution in [2.24, 2.45) is 5.92 Å². The summed E-state index contributed by atoms with van der Waals surface area (Å²) in [5, 5.41) is 0. The Bertz CT molecular complexity index is 1170. The second-order valence-electron chi connectivity index (χ2n) is 15.3. The minimum atomic E-state index is -4.78. The fraction of sp³-hybridized carbons (Fsp3) is 0.739. The monoisotopic (exact) mass is 807 g/mol. The highest BCUT2D eigenvalue weighted by atomic mass is 31.2. The quantitative estimate of drug-likeness (QED) is 0.0206. The predicted molar refractivity (Wildman–Crippen MR) is 229 cm³/mol. The van der Waals surface area contributed by atoms with Gasteiger partial charge in [-0.1, -0.05) is 178 Å². The van der Waals surface area contributed by atoms with Crippen molar-refractivity contribution in [3.05, 3.63) is 60.8 Å². The zero-order valence-corrected chi connectivity index (χ0v) is 36.3. The summed E-state index contributed by atoms with van der Waals surface area (Å²) in [5.74, 6) is -0.110. The third-order valence-corrected chi connectivity index (χ3v) is 10.5. The van der Waals surface area contributed by atoms with Gasteiger partial charge in [-0.3, -0.25) is 14.1 Å². The Balaban J connectivity index is 2.09. The van der Waals surface area contributed by atoms with Crippen LogP contribution in [0.1, 0.15) is 181 Å². The van der Waals surface area contributed by atoms with Crippen LogP contribution >= 0.6 is 7.82 Å². The van der Waals surface area contributed by atoms with Crippen molar-refractivity contribution >= 4 is 19.8 Å². The van der Waals surface area contributed by atoms with Gasteiger partial charge in [-0.2, -0.15) is 0 Å². The fourth-order valence-corrected chi connectivity index (χ4v) is 6.60. The Morgan fingerprint density at radius 3 is 1.62 bits per heavy atom. The number of epoxide rings is 1. The molecule has 1 fully saturated rings. The molecule has 0 spiro atoms. The molecule has 1 aliphatic heterocycles. The summed E-state index contributed by atoms with van der Waals surface area (Å²) in [5.41, 5.74) is 0. The number of unbranched alkanes of at least 4 members (excludes halogenated alkanes) is 13. The third-order valence-electron chi connectivity index (χ3n) is 10.0. The molecule has 2 N–H and O–H groups in total. The second kappa shape index (κ2) is 35.8. The van der Waals surface area contributed by atoms with Crippen LogP contribution in [0.5, 0.6) is 0 Å². The summed E-state index contributed by atoms with van der Waals surface area (Å²) >= 11 is 0. The van der Waals surface area contributed by atoms with Gasteiger partial charge in [0.05, 0.1) is 18.8 Å². The lowest BCUT2D eigenvalue weighted by Crippen LogP contribution is -2.29. The summed E-state index contributed by atoms with van der Waals surface area (Å²) < 4.78 is 32.0. The number of hydrogen-bond acceptors (Lipinski definition) is 7. The van der Waals surface area contributed by atoms with Gasteiger partial charge < -0.3 is 24.0 Å². The first-order valence-electron chi connectivity index (χ1n) is 22.1. The molecule has 0 aliphatic carbocycles. The number of carbonyl (C=O) groups is 2. The van der Waals surface area contributed by atoms with E-state index >= 15 is 0 Å². The molecule has 0 saturated carbocycles. The van der Waals surface area contributed by atoms with E-state index in [-0.39, 0.29) is 19.4 Å². The second-order valence-corrected chi connectivity index (χ2v) is 16.5. The maximum atomic E-state index is 12.4. The third kappa shape index (κ3) is 34.9. The molecule has 0 aromatic rings. The Kier molecular flexibility index (Phi) is 33.1. The van der Waals surface area contributed by atoms with Gasteiger partial charge in [-0.15, -0.1) is 0 Å². The summed E-state index contributed by atoms with van der Waals surface area (Å²) in [4.78, 5) is 42.9. The van der Waals surface area contributed by atoms with Crippen molar-refractivity contribution in [2.45, 2.75) is 200 Å². The Labute approximate surface area is 341 Å². The first-order valence-corrected chi connectivity index (χ1v) is 23.6. The van der Waals surface area contributed by atoms with Gasteiger partial charge in [0.1, 0.15) is 6.61 Å². The average molecular weight is 807 g/mol. The van der Waals surface area contributed by atoms with E-state index in [1.807, 2.05) is 12.2 Å². The van der Waals surface area contributed by atoms with Gasteiger partial charge in [0.15, 0.2) is 6.10 Å². The minimum Gasteiger partial charge on any atom is -0.462 e. The lowest BCUT2D eigenvalue weighted by molar-refractivity contribution is -0.161. The molecule has 56 heavy (non-hydrogen) atoms. The lowest BCUT2D eigenvalue weighted by atomic mass is 9.99. The molecule has 1 aliphatic rings. The molecule has 1 rings (SSSR count). The van der Waals surface area contributed by atoms with Crippen molar-refractivity contribution in [3.8, 4) is 0 Å². The molecule has 3 unspecified atom stereocenters. The van der Waals surface area contributed by atoms with Gasteiger partial charge in [0.25, 0.3) is 0 Å². The normalized spacial score (nSPS) is 17.2. The van der Waals surface area contributed by atoms with Gasteiger partial charge in [-0.05, 0) is 57.3 Å². The number of ether oxygens (including phenoxy) is 3. The minimum absolute atomic E-state index is 0.138. The van der Waals surface area contributed by atoms with Crippen LogP contribution in [-0.2, 0) is 32.9 Å². The number of carbonyl (C=O) groups excluding carboxylic acids is 2. The average Bonchev–Trinajstić information content (AvgIpc) is 3.93. The van der Waals surface area contributed by atoms with Crippen LogP contribution < -0.4 is 0 Å². The highest BCUT2D eigenvalue weighted by molar-refractivity contribution is 7.46. The number of allylic oxidation sites excluding steroid dienone is 8. The molecule has 0 aromatic carbocycles.